The van der Waals surface area contributed by atoms with E-state index in [4.69, 9.17) is 5.73 Å². The van der Waals surface area contributed by atoms with Crippen LogP contribution in [0, 0.1) is 0 Å². The maximum Gasteiger partial charge on any atom is 0.416 e. The largest absolute Gasteiger partial charge is 0.416 e. The van der Waals surface area contributed by atoms with Gasteiger partial charge in [0.15, 0.2) is 0 Å². The molecular formula is C32H29F3N2O. The zero-order valence-electron chi connectivity index (χ0n) is 20.9. The SMILES string of the molecule is NC(=O)c1c(-c2ccc(C3CCN(Cc4ccccc4)CC3)cc2)cccc1-c1ccc(C(F)(F)F)cc1. The van der Waals surface area contributed by atoms with Gasteiger partial charge in [-0.1, -0.05) is 84.9 Å². The van der Waals surface area contributed by atoms with Crippen LogP contribution in [0.2, 0.25) is 0 Å². The van der Waals surface area contributed by atoms with E-state index in [0.29, 0.717) is 28.2 Å². The van der Waals surface area contributed by atoms with Crippen LogP contribution < -0.4 is 5.73 Å². The van der Waals surface area contributed by atoms with Crippen LogP contribution in [0.4, 0.5) is 13.2 Å². The minimum Gasteiger partial charge on any atom is -0.366 e. The molecule has 2 N–H and O–H groups in total. The van der Waals surface area contributed by atoms with Crippen LogP contribution in [-0.4, -0.2) is 23.9 Å². The summed E-state index contributed by atoms with van der Waals surface area (Å²) in [5.74, 6) is -0.143. The summed E-state index contributed by atoms with van der Waals surface area (Å²) in [6, 6.07) is 28.9. The smallest absolute Gasteiger partial charge is 0.366 e. The van der Waals surface area contributed by atoms with Crippen molar-refractivity contribution < 1.29 is 18.0 Å². The minimum absolute atomic E-state index is 0.300. The highest BCUT2D eigenvalue weighted by Crippen LogP contribution is 2.36. The van der Waals surface area contributed by atoms with Gasteiger partial charge in [0.05, 0.1) is 11.1 Å². The molecule has 1 aliphatic rings. The van der Waals surface area contributed by atoms with Crippen LogP contribution in [0.1, 0.15) is 45.8 Å². The van der Waals surface area contributed by atoms with Gasteiger partial charge in [0.2, 0.25) is 5.91 Å². The standard InChI is InChI=1S/C32H29F3N2O/c33-32(34,35)27-15-13-26(14-16-27)29-8-4-7-28(30(29)31(36)38)25-11-9-23(10-12-25)24-17-19-37(20-18-24)21-22-5-2-1-3-6-22/h1-16,24H,17-21H2,(H2,36,38). The number of alkyl halides is 3. The maximum absolute atomic E-state index is 13.0. The predicted molar refractivity (Wildman–Crippen MR) is 145 cm³/mol. The van der Waals surface area contributed by atoms with Crippen molar-refractivity contribution in [2.24, 2.45) is 5.73 Å². The second kappa shape index (κ2) is 10.8. The van der Waals surface area contributed by atoms with E-state index in [1.807, 2.05) is 24.3 Å². The molecule has 0 atom stereocenters. The van der Waals surface area contributed by atoms with Crippen LogP contribution >= 0.6 is 0 Å². The Morgan fingerprint density at radius 1 is 0.763 bits per heavy atom. The summed E-state index contributed by atoms with van der Waals surface area (Å²) in [5, 5.41) is 0. The molecule has 6 heteroatoms. The Morgan fingerprint density at radius 3 is 1.84 bits per heavy atom. The van der Waals surface area contributed by atoms with Gasteiger partial charge in [0.25, 0.3) is 0 Å². The number of amides is 1. The Labute approximate surface area is 220 Å². The summed E-state index contributed by atoms with van der Waals surface area (Å²) in [5.41, 5.74) is 10.5. The van der Waals surface area contributed by atoms with Crippen molar-refractivity contribution in [3.63, 3.8) is 0 Å². The molecule has 0 bridgehead atoms. The van der Waals surface area contributed by atoms with Crippen molar-refractivity contribution in [2.75, 3.05) is 13.1 Å². The average Bonchev–Trinajstić information content (AvgIpc) is 2.93. The highest BCUT2D eigenvalue weighted by atomic mass is 19.4. The molecule has 1 amide bonds. The zero-order valence-corrected chi connectivity index (χ0v) is 20.9. The first-order valence-electron chi connectivity index (χ1n) is 12.8. The Kier molecular flexibility index (Phi) is 7.34. The van der Waals surface area contributed by atoms with E-state index in [1.54, 1.807) is 12.1 Å². The Bertz CT molecular complexity index is 1390. The second-order valence-corrected chi connectivity index (χ2v) is 9.83. The van der Waals surface area contributed by atoms with Crippen molar-refractivity contribution in [1.29, 1.82) is 0 Å². The Balaban J connectivity index is 1.34. The van der Waals surface area contributed by atoms with Crippen LogP contribution in [0.15, 0.2) is 97.1 Å². The minimum atomic E-state index is -4.42. The first kappa shape index (κ1) is 25.7. The summed E-state index contributed by atoms with van der Waals surface area (Å²) < 4.78 is 39.0. The fraction of sp³-hybridized carbons (Fsp3) is 0.219. The van der Waals surface area contributed by atoms with Crippen molar-refractivity contribution in [3.05, 3.63) is 119 Å². The summed E-state index contributed by atoms with van der Waals surface area (Å²) >= 11 is 0. The van der Waals surface area contributed by atoms with E-state index in [-0.39, 0.29) is 0 Å². The first-order valence-corrected chi connectivity index (χ1v) is 12.8. The number of piperidine rings is 1. The number of hydrogen-bond donors (Lipinski definition) is 1. The highest BCUT2D eigenvalue weighted by Gasteiger charge is 2.30. The molecule has 0 radical (unpaired) electrons. The Morgan fingerprint density at radius 2 is 1.32 bits per heavy atom. The van der Waals surface area contributed by atoms with E-state index in [0.717, 1.165) is 50.2 Å². The number of halogens is 3. The van der Waals surface area contributed by atoms with Gasteiger partial charge in [-0.15, -0.1) is 0 Å². The highest BCUT2D eigenvalue weighted by molar-refractivity contribution is 6.06. The van der Waals surface area contributed by atoms with E-state index < -0.39 is 17.6 Å². The van der Waals surface area contributed by atoms with Crippen LogP contribution in [-0.2, 0) is 12.7 Å². The number of likely N-dealkylation sites (tertiary alicyclic amines) is 1. The number of rotatable bonds is 6. The lowest BCUT2D eigenvalue weighted by Crippen LogP contribution is -2.32. The molecule has 194 valence electrons. The average molecular weight is 515 g/mol. The van der Waals surface area contributed by atoms with Crippen molar-refractivity contribution in [1.82, 2.24) is 4.90 Å². The lowest BCUT2D eigenvalue weighted by molar-refractivity contribution is -0.137. The van der Waals surface area contributed by atoms with Gasteiger partial charge >= 0.3 is 6.18 Å². The van der Waals surface area contributed by atoms with Gasteiger partial charge in [0, 0.05) is 6.54 Å². The van der Waals surface area contributed by atoms with Crippen LogP contribution in [0.3, 0.4) is 0 Å². The number of hydrogen-bond acceptors (Lipinski definition) is 2. The quantitative estimate of drug-likeness (QED) is 0.289. The van der Waals surface area contributed by atoms with Crippen molar-refractivity contribution in [2.45, 2.75) is 31.5 Å². The molecule has 4 aromatic rings. The zero-order chi connectivity index (χ0) is 26.7. The summed E-state index contributed by atoms with van der Waals surface area (Å²) in [7, 11) is 0. The molecule has 0 spiro atoms. The first-order chi connectivity index (χ1) is 18.3. The van der Waals surface area contributed by atoms with Crippen LogP contribution in [0.25, 0.3) is 22.3 Å². The van der Waals surface area contributed by atoms with E-state index in [9.17, 15) is 18.0 Å². The third-order valence-corrected chi connectivity index (χ3v) is 7.36. The fourth-order valence-corrected chi connectivity index (χ4v) is 5.34. The summed E-state index contributed by atoms with van der Waals surface area (Å²) in [4.78, 5) is 15.0. The summed E-state index contributed by atoms with van der Waals surface area (Å²) in [6.45, 7) is 3.06. The molecule has 0 saturated carbocycles. The number of carbonyl (C=O) groups excluding carboxylic acids is 1. The number of nitrogens with zero attached hydrogens (tertiary/aromatic N) is 1. The van der Waals surface area contributed by atoms with E-state index >= 15 is 0 Å². The van der Waals surface area contributed by atoms with E-state index in [2.05, 4.69) is 41.3 Å². The van der Waals surface area contributed by atoms with Gasteiger partial charge in [-0.2, -0.15) is 13.2 Å². The molecule has 0 aromatic heterocycles. The van der Waals surface area contributed by atoms with Gasteiger partial charge in [-0.05, 0) is 77.4 Å². The predicted octanol–water partition coefficient (Wildman–Crippen LogP) is 7.52. The van der Waals surface area contributed by atoms with E-state index in [1.165, 1.54) is 23.3 Å². The maximum atomic E-state index is 13.0. The van der Waals surface area contributed by atoms with Crippen molar-refractivity contribution in [3.8, 4) is 22.3 Å². The van der Waals surface area contributed by atoms with Gasteiger partial charge in [-0.25, -0.2) is 0 Å². The monoisotopic (exact) mass is 514 g/mol. The molecule has 38 heavy (non-hydrogen) atoms. The van der Waals surface area contributed by atoms with Crippen molar-refractivity contribution >= 4 is 5.91 Å². The topological polar surface area (TPSA) is 46.3 Å². The molecule has 1 saturated heterocycles. The molecule has 0 unspecified atom stereocenters. The third kappa shape index (κ3) is 5.65. The normalized spacial score (nSPS) is 14.9. The molecule has 0 aliphatic carbocycles. The number of nitrogens with two attached hydrogens (primary N) is 1. The fourth-order valence-electron chi connectivity index (χ4n) is 5.34. The van der Waals surface area contributed by atoms with Gasteiger partial charge in [-0.3, -0.25) is 9.69 Å². The van der Waals surface area contributed by atoms with Crippen LogP contribution in [0.5, 0.6) is 0 Å². The third-order valence-electron chi connectivity index (χ3n) is 7.36. The molecule has 1 aliphatic heterocycles. The molecule has 1 fully saturated rings. The number of primary amides is 1. The molecule has 3 nitrogen and oxygen atoms in total. The molecule has 4 aromatic carbocycles. The molecule has 1 heterocycles. The second-order valence-electron chi connectivity index (χ2n) is 9.83. The molecular weight excluding hydrogens is 485 g/mol. The Hall–Kier alpha value is -3.90. The number of carbonyl (C=O) groups is 1. The number of benzene rings is 4. The summed E-state index contributed by atoms with van der Waals surface area (Å²) in [6.07, 6.45) is -2.25. The lowest BCUT2D eigenvalue weighted by Gasteiger charge is -2.32. The van der Waals surface area contributed by atoms with Gasteiger partial charge in [0.1, 0.15) is 0 Å². The van der Waals surface area contributed by atoms with Gasteiger partial charge < -0.3 is 5.73 Å². The lowest BCUT2D eigenvalue weighted by atomic mass is 9.87. The molecule has 5 rings (SSSR count).